The van der Waals surface area contributed by atoms with Gasteiger partial charge in [-0.25, -0.2) is 0 Å². The van der Waals surface area contributed by atoms with Gasteiger partial charge in [0.05, 0.1) is 13.7 Å². The van der Waals surface area contributed by atoms with Crippen molar-refractivity contribution in [3.05, 3.63) is 60.2 Å². The third-order valence-electron chi connectivity index (χ3n) is 5.02. The maximum Gasteiger partial charge on any atom is 0.242 e. The first-order valence-electron chi connectivity index (χ1n) is 9.85. The molecule has 0 aliphatic carbocycles. The monoisotopic (exact) mass is 523 g/mol. The number of nitrogens with one attached hydrogen (secondary N) is 2. The fraction of sp³-hybridized carbons (Fsp3) is 0.364. The Morgan fingerprint density at radius 3 is 2.33 bits per heavy atom. The van der Waals surface area contributed by atoms with Crippen molar-refractivity contribution in [2.45, 2.75) is 6.54 Å². The van der Waals surface area contributed by atoms with Gasteiger partial charge >= 0.3 is 0 Å². The van der Waals surface area contributed by atoms with Crippen molar-refractivity contribution in [1.29, 1.82) is 0 Å². The molecule has 2 aromatic carbocycles. The van der Waals surface area contributed by atoms with Gasteiger partial charge < -0.3 is 25.2 Å². The molecular weight excluding hydrogens is 493 g/mol. The number of nitrogens with zero attached hydrogens (tertiary/aromatic N) is 3. The largest absolute Gasteiger partial charge is 0.496 e. The van der Waals surface area contributed by atoms with Crippen LogP contribution in [0, 0.1) is 0 Å². The molecule has 3 rings (SSSR count). The number of ether oxygens (including phenoxy) is 1. The molecule has 0 atom stereocenters. The summed E-state index contributed by atoms with van der Waals surface area (Å²) in [5.74, 6) is 1.49. The average Bonchev–Trinajstić information content (AvgIpc) is 2.80. The molecule has 0 spiro atoms. The van der Waals surface area contributed by atoms with Crippen molar-refractivity contribution >= 4 is 41.5 Å². The van der Waals surface area contributed by atoms with Crippen LogP contribution in [0.1, 0.15) is 5.56 Å². The molecule has 0 aromatic heterocycles. The summed E-state index contributed by atoms with van der Waals surface area (Å²) >= 11 is 0. The molecule has 1 fully saturated rings. The minimum Gasteiger partial charge on any atom is -0.496 e. The zero-order valence-electron chi connectivity index (χ0n) is 17.5. The van der Waals surface area contributed by atoms with Gasteiger partial charge in [-0.15, -0.1) is 24.0 Å². The smallest absolute Gasteiger partial charge is 0.242 e. The second kappa shape index (κ2) is 12.3. The zero-order valence-corrected chi connectivity index (χ0v) is 19.8. The number of carbonyl (C=O) groups excluding carboxylic acids is 1. The van der Waals surface area contributed by atoms with E-state index in [1.54, 1.807) is 14.2 Å². The lowest BCUT2D eigenvalue weighted by molar-refractivity contribution is -0.130. The maximum atomic E-state index is 12.6. The van der Waals surface area contributed by atoms with Gasteiger partial charge in [-0.05, 0) is 18.2 Å². The van der Waals surface area contributed by atoms with Gasteiger partial charge in [-0.2, -0.15) is 0 Å². The van der Waals surface area contributed by atoms with E-state index in [0.717, 1.165) is 37.5 Å². The molecule has 0 saturated carbocycles. The number of aliphatic imine (C=N–C) groups is 1. The van der Waals surface area contributed by atoms with Gasteiger partial charge in [0.15, 0.2) is 5.96 Å². The first-order valence-corrected chi connectivity index (χ1v) is 9.85. The summed E-state index contributed by atoms with van der Waals surface area (Å²) < 4.78 is 5.36. The first kappa shape index (κ1) is 23.8. The number of rotatable bonds is 6. The number of anilines is 1. The van der Waals surface area contributed by atoms with E-state index in [1.165, 1.54) is 5.69 Å². The normalized spacial score (nSPS) is 14.0. The third-order valence-corrected chi connectivity index (χ3v) is 5.02. The van der Waals surface area contributed by atoms with Crippen molar-refractivity contribution in [1.82, 2.24) is 15.5 Å². The molecule has 1 aliphatic rings. The summed E-state index contributed by atoms with van der Waals surface area (Å²) in [6, 6.07) is 18.1. The second-order valence-electron chi connectivity index (χ2n) is 6.79. The van der Waals surface area contributed by atoms with E-state index in [-0.39, 0.29) is 36.4 Å². The Hall–Kier alpha value is -2.49. The van der Waals surface area contributed by atoms with Crippen LogP contribution in [0.5, 0.6) is 5.75 Å². The number of benzene rings is 2. The van der Waals surface area contributed by atoms with E-state index < -0.39 is 0 Å². The number of hydrogen-bond acceptors (Lipinski definition) is 4. The van der Waals surface area contributed by atoms with Crippen LogP contribution in [-0.4, -0.2) is 63.6 Å². The number of amides is 1. The average molecular weight is 523 g/mol. The van der Waals surface area contributed by atoms with Crippen LogP contribution in [0.4, 0.5) is 5.69 Å². The minimum atomic E-state index is 0. The highest BCUT2D eigenvalue weighted by molar-refractivity contribution is 14.0. The van der Waals surface area contributed by atoms with Crippen LogP contribution in [0.15, 0.2) is 59.6 Å². The Morgan fingerprint density at radius 2 is 1.67 bits per heavy atom. The topological polar surface area (TPSA) is 69.2 Å². The number of carbonyl (C=O) groups is 1. The summed E-state index contributed by atoms with van der Waals surface area (Å²) in [5.41, 5.74) is 2.24. The predicted octanol–water partition coefficient (Wildman–Crippen LogP) is 2.33. The summed E-state index contributed by atoms with van der Waals surface area (Å²) in [4.78, 5) is 21.0. The quantitative estimate of drug-likeness (QED) is 0.346. The Morgan fingerprint density at radius 1 is 1.00 bits per heavy atom. The molecular formula is C22H30IN5O2. The Kier molecular flexibility index (Phi) is 9.72. The molecule has 7 nitrogen and oxygen atoms in total. The van der Waals surface area contributed by atoms with Gasteiger partial charge in [0.1, 0.15) is 5.75 Å². The highest BCUT2D eigenvalue weighted by atomic mass is 127. The Balaban J connectivity index is 0.00000320. The van der Waals surface area contributed by atoms with E-state index in [4.69, 9.17) is 4.74 Å². The highest BCUT2D eigenvalue weighted by Gasteiger charge is 2.21. The standard InChI is InChI=1S/C22H29N5O2.HI/c1-23-22(24-16-18-8-6-7-11-20(18)29-2)25-17-21(28)27-14-12-26(13-15-27)19-9-4-3-5-10-19;/h3-11H,12-17H2,1-2H3,(H2,23,24,25);1H. The van der Waals surface area contributed by atoms with E-state index in [1.807, 2.05) is 47.4 Å². The number of methoxy groups -OCH3 is 1. The van der Waals surface area contributed by atoms with Crippen molar-refractivity contribution in [3.8, 4) is 5.75 Å². The molecule has 2 aromatic rings. The molecule has 8 heteroatoms. The van der Waals surface area contributed by atoms with Crippen LogP contribution < -0.4 is 20.3 Å². The van der Waals surface area contributed by atoms with Crippen LogP contribution >= 0.6 is 24.0 Å². The van der Waals surface area contributed by atoms with Gasteiger partial charge in [0, 0.05) is 51.0 Å². The van der Waals surface area contributed by atoms with Gasteiger partial charge in [-0.1, -0.05) is 36.4 Å². The third kappa shape index (κ3) is 6.51. The number of hydrogen-bond donors (Lipinski definition) is 2. The zero-order chi connectivity index (χ0) is 20.5. The van der Waals surface area contributed by atoms with E-state index in [0.29, 0.717) is 12.5 Å². The highest BCUT2D eigenvalue weighted by Crippen LogP contribution is 2.17. The van der Waals surface area contributed by atoms with E-state index in [2.05, 4.69) is 32.7 Å². The summed E-state index contributed by atoms with van der Waals surface area (Å²) in [5, 5.41) is 6.34. The molecule has 1 saturated heterocycles. The van der Waals surface area contributed by atoms with Gasteiger partial charge in [-0.3, -0.25) is 9.79 Å². The van der Waals surface area contributed by atoms with Crippen molar-refractivity contribution in [2.75, 3.05) is 51.8 Å². The molecule has 30 heavy (non-hydrogen) atoms. The lowest BCUT2D eigenvalue weighted by Crippen LogP contribution is -2.52. The number of piperazine rings is 1. The molecule has 0 unspecified atom stereocenters. The molecule has 0 radical (unpaired) electrons. The molecule has 162 valence electrons. The lowest BCUT2D eigenvalue weighted by atomic mass is 10.2. The fourth-order valence-corrected chi connectivity index (χ4v) is 3.37. The fourth-order valence-electron chi connectivity index (χ4n) is 3.37. The van der Waals surface area contributed by atoms with Gasteiger partial charge in [0.2, 0.25) is 5.91 Å². The Labute approximate surface area is 195 Å². The van der Waals surface area contributed by atoms with Crippen molar-refractivity contribution < 1.29 is 9.53 Å². The Bertz CT molecular complexity index is 823. The van der Waals surface area contributed by atoms with Crippen molar-refractivity contribution in [3.63, 3.8) is 0 Å². The number of para-hydroxylation sites is 2. The molecule has 1 heterocycles. The van der Waals surface area contributed by atoms with E-state index in [9.17, 15) is 4.79 Å². The SMILES string of the molecule is CN=C(NCC(=O)N1CCN(c2ccccc2)CC1)NCc1ccccc1OC.I. The summed E-state index contributed by atoms with van der Waals surface area (Å²) in [6.07, 6.45) is 0. The number of guanidine groups is 1. The van der Waals surface area contributed by atoms with E-state index >= 15 is 0 Å². The second-order valence-corrected chi connectivity index (χ2v) is 6.79. The first-order chi connectivity index (χ1) is 14.2. The molecule has 2 N–H and O–H groups in total. The predicted molar refractivity (Wildman–Crippen MR) is 132 cm³/mol. The van der Waals surface area contributed by atoms with Gasteiger partial charge in [0.25, 0.3) is 0 Å². The van der Waals surface area contributed by atoms with Crippen LogP contribution in [0.25, 0.3) is 0 Å². The minimum absolute atomic E-state index is 0. The maximum absolute atomic E-state index is 12.6. The summed E-state index contributed by atoms with van der Waals surface area (Å²) in [6.45, 7) is 3.92. The summed E-state index contributed by atoms with van der Waals surface area (Å²) in [7, 11) is 3.35. The van der Waals surface area contributed by atoms with Crippen LogP contribution in [-0.2, 0) is 11.3 Å². The molecule has 1 amide bonds. The van der Waals surface area contributed by atoms with Crippen molar-refractivity contribution in [2.24, 2.45) is 4.99 Å². The van der Waals surface area contributed by atoms with Crippen LogP contribution in [0.3, 0.4) is 0 Å². The molecule has 1 aliphatic heterocycles. The number of halogens is 1. The molecule has 0 bridgehead atoms. The van der Waals surface area contributed by atoms with Crippen LogP contribution in [0.2, 0.25) is 0 Å². The lowest BCUT2D eigenvalue weighted by Gasteiger charge is -2.36.